The standard InChI is InChI=1S/C15H14N4/c1-2-8-16-15(7-1)17-12-13-5-3-6-14(11-13)19-10-4-9-18-19/h1-11H,12H2,(H,16,17). The van der Waals surface area contributed by atoms with Gasteiger partial charge < -0.3 is 5.32 Å². The number of nitrogens with zero attached hydrogens (tertiary/aromatic N) is 3. The van der Waals surface area contributed by atoms with Gasteiger partial charge in [-0.15, -0.1) is 0 Å². The predicted octanol–water partition coefficient (Wildman–Crippen LogP) is 2.88. The number of benzene rings is 1. The van der Waals surface area contributed by atoms with Crippen LogP contribution in [-0.2, 0) is 6.54 Å². The molecule has 0 bridgehead atoms. The smallest absolute Gasteiger partial charge is 0.126 e. The number of hydrogen-bond donors (Lipinski definition) is 1. The fraction of sp³-hybridized carbons (Fsp3) is 0.0667. The molecule has 0 amide bonds. The fourth-order valence-corrected chi connectivity index (χ4v) is 1.89. The minimum absolute atomic E-state index is 0.742. The summed E-state index contributed by atoms with van der Waals surface area (Å²) in [5, 5.41) is 7.52. The van der Waals surface area contributed by atoms with Gasteiger partial charge in [0.25, 0.3) is 0 Å². The summed E-state index contributed by atoms with van der Waals surface area (Å²) < 4.78 is 1.85. The first-order chi connectivity index (χ1) is 9.42. The maximum atomic E-state index is 4.24. The van der Waals surface area contributed by atoms with Crippen molar-refractivity contribution >= 4 is 5.82 Å². The number of pyridine rings is 1. The molecule has 4 nitrogen and oxygen atoms in total. The maximum Gasteiger partial charge on any atom is 0.126 e. The molecule has 0 spiro atoms. The summed E-state index contributed by atoms with van der Waals surface area (Å²) >= 11 is 0. The largest absolute Gasteiger partial charge is 0.366 e. The molecular weight excluding hydrogens is 236 g/mol. The maximum absolute atomic E-state index is 4.24. The molecule has 2 aromatic heterocycles. The van der Waals surface area contributed by atoms with Crippen molar-refractivity contribution in [2.45, 2.75) is 6.54 Å². The van der Waals surface area contributed by atoms with Crippen LogP contribution in [0.15, 0.2) is 67.1 Å². The van der Waals surface area contributed by atoms with E-state index in [0.29, 0.717) is 0 Å². The van der Waals surface area contributed by atoms with Crippen molar-refractivity contribution in [3.63, 3.8) is 0 Å². The van der Waals surface area contributed by atoms with E-state index in [4.69, 9.17) is 0 Å². The topological polar surface area (TPSA) is 42.7 Å². The third kappa shape index (κ3) is 2.80. The van der Waals surface area contributed by atoms with Crippen LogP contribution < -0.4 is 5.32 Å². The van der Waals surface area contributed by atoms with Gasteiger partial charge in [-0.25, -0.2) is 9.67 Å². The van der Waals surface area contributed by atoms with E-state index in [1.165, 1.54) is 5.56 Å². The van der Waals surface area contributed by atoms with Crippen LogP contribution in [-0.4, -0.2) is 14.8 Å². The Kier molecular flexibility index (Phi) is 3.23. The third-order valence-electron chi connectivity index (χ3n) is 2.82. The van der Waals surface area contributed by atoms with Crippen LogP contribution in [0.2, 0.25) is 0 Å². The molecule has 1 aromatic carbocycles. The molecule has 0 saturated carbocycles. The average Bonchev–Trinajstić information content (AvgIpc) is 3.01. The van der Waals surface area contributed by atoms with E-state index in [9.17, 15) is 0 Å². The molecule has 3 rings (SSSR count). The number of anilines is 1. The molecule has 1 N–H and O–H groups in total. The van der Waals surface area contributed by atoms with Gasteiger partial charge in [0, 0.05) is 25.1 Å². The minimum Gasteiger partial charge on any atom is -0.366 e. The van der Waals surface area contributed by atoms with Gasteiger partial charge in [-0.2, -0.15) is 5.10 Å². The molecule has 0 fully saturated rings. The van der Waals surface area contributed by atoms with E-state index in [2.05, 4.69) is 27.5 Å². The number of aromatic nitrogens is 3. The molecule has 4 heteroatoms. The highest BCUT2D eigenvalue weighted by molar-refractivity contribution is 5.39. The summed E-state index contributed by atoms with van der Waals surface area (Å²) in [5.74, 6) is 0.881. The number of hydrogen-bond acceptors (Lipinski definition) is 3. The Morgan fingerprint density at radius 1 is 1.00 bits per heavy atom. The first kappa shape index (κ1) is 11.5. The molecule has 0 aliphatic rings. The van der Waals surface area contributed by atoms with Gasteiger partial charge in [0.2, 0.25) is 0 Å². The molecule has 19 heavy (non-hydrogen) atoms. The van der Waals surface area contributed by atoms with Crippen molar-refractivity contribution in [2.24, 2.45) is 0 Å². The lowest BCUT2D eigenvalue weighted by atomic mass is 10.2. The Bertz CT molecular complexity index is 632. The summed E-state index contributed by atoms with van der Waals surface area (Å²) in [6.45, 7) is 0.742. The van der Waals surface area contributed by atoms with Crippen LogP contribution in [0.25, 0.3) is 5.69 Å². The van der Waals surface area contributed by atoms with Gasteiger partial charge in [-0.05, 0) is 35.9 Å². The quantitative estimate of drug-likeness (QED) is 0.774. The zero-order valence-corrected chi connectivity index (χ0v) is 10.4. The van der Waals surface area contributed by atoms with Crippen molar-refractivity contribution in [1.82, 2.24) is 14.8 Å². The first-order valence-electron chi connectivity index (χ1n) is 6.16. The Morgan fingerprint density at radius 3 is 2.79 bits per heavy atom. The Hall–Kier alpha value is -2.62. The molecular formula is C15H14N4. The van der Waals surface area contributed by atoms with E-state index in [-0.39, 0.29) is 0 Å². The van der Waals surface area contributed by atoms with Crippen LogP contribution in [0, 0.1) is 0 Å². The van der Waals surface area contributed by atoms with E-state index >= 15 is 0 Å². The summed E-state index contributed by atoms with van der Waals surface area (Å²) in [4.78, 5) is 4.24. The molecule has 0 unspecified atom stereocenters. The van der Waals surface area contributed by atoms with Crippen molar-refractivity contribution in [3.05, 3.63) is 72.7 Å². The zero-order valence-electron chi connectivity index (χ0n) is 10.4. The van der Waals surface area contributed by atoms with Gasteiger partial charge in [-0.1, -0.05) is 18.2 Å². The van der Waals surface area contributed by atoms with Crippen LogP contribution in [0.4, 0.5) is 5.82 Å². The summed E-state index contributed by atoms with van der Waals surface area (Å²) in [6.07, 6.45) is 5.49. The van der Waals surface area contributed by atoms with Crippen molar-refractivity contribution in [2.75, 3.05) is 5.32 Å². The van der Waals surface area contributed by atoms with E-state index in [1.807, 2.05) is 47.3 Å². The average molecular weight is 250 g/mol. The lowest BCUT2D eigenvalue weighted by molar-refractivity contribution is 0.877. The van der Waals surface area contributed by atoms with Crippen LogP contribution in [0.1, 0.15) is 5.56 Å². The molecule has 0 atom stereocenters. The highest BCUT2D eigenvalue weighted by atomic mass is 15.3. The third-order valence-corrected chi connectivity index (χ3v) is 2.82. The molecule has 2 heterocycles. The predicted molar refractivity (Wildman–Crippen MR) is 75.1 cm³/mol. The fourth-order valence-electron chi connectivity index (χ4n) is 1.89. The molecule has 3 aromatic rings. The lowest BCUT2D eigenvalue weighted by Gasteiger charge is -2.07. The first-order valence-corrected chi connectivity index (χ1v) is 6.16. The Morgan fingerprint density at radius 2 is 2.00 bits per heavy atom. The minimum atomic E-state index is 0.742. The molecule has 94 valence electrons. The van der Waals surface area contributed by atoms with E-state index in [0.717, 1.165) is 18.1 Å². The Labute approximate surface area is 111 Å². The van der Waals surface area contributed by atoms with E-state index in [1.54, 1.807) is 12.4 Å². The highest BCUT2D eigenvalue weighted by Gasteiger charge is 1.99. The van der Waals surface area contributed by atoms with Crippen molar-refractivity contribution in [3.8, 4) is 5.69 Å². The Balaban J connectivity index is 1.74. The van der Waals surface area contributed by atoms with Crippen LogP contribution in [0.3, 0.4) is 0 Å². The van der Waals surface area contributed by atoms with Crippen LogP contribution >= 0.6 is 0 Å². The van der Waals surface area contributed by atoms with Gasteiger partial charge >= 0.3 is 0 Å². The zero-order chi connectivity index (χ0) is 12.9. The molecule has 0 aliphatic carbocycles. The monoisotopic (exact) mass is 250 g/mol. The molecule has 0 radical (unpaired) electrons. The second-order valence-electron chi connectivity index (χ2n) is 4.19. The highest BCUT2D eigenvalue weighted by Crippen LogP contribution is 2.11. The van der Waals surface area contributed by atoms with Gasteiger partial charge in [0.1, 0.15) is 5.82 Å². The van der Waals surface area contributed by atoms with Gasteiger partial charge in [0.15, 0.2) is 0 Å². The second-order valence-corrected chi connectivity index (χ2v) is 4.19. The molecule has 0 aliphatic heterocycles. The number of rotatable bonds is 4. The van der Waals surface area contributed by atoms with Gasteiger partial charge in [0.05, 0.1) is 5.69 Å². The van der Waals surface area contributed by atoms with Gasteiger partial charge in [-0.3, -0.25) is 0 Å². The number of nitrogens with one attached hydrogen (secondary N) is 1. The van der Waals surface area contributed by atoms with Crippen molar-refractivity contribution in [1.29, 1.82) is 0 Å². The normalized spacial score (nSPS) is 10.3. The second kappa shape index (κ2) is 5.35. The van der Waals surface area contributed by atoms with Crippen LogP contribution in [0.5, 0.6) is 0 Å². The summed E-state index contributed by atoms with van der Waals surface area (Å²) in [6, 6.07) is 16.0. The summed E-state index contributed by atoms with van der Waals surface area (Å²) in [5.41, 5.74) is 2.25. The lowest BCUT2D eigenvalue weighted by Crippen LogP contribution is -2.02. The van der Waals surface area contributed by atoms with Crippen molar-refractivity contribution < 1.29 is 0 Å². The SMILES string of the molecule is c1ccc(NCc2cccc(-n3cccn3)c2)nc1. The molecule has 0 saturated heterocycles. The summed E-state index contributed by atoms with van der Waals surface area (Å²) in [7, 11) is 0. The van der Waals surface area contributed by atoms with E-state index < -0.39 is 0 Å².